The third kappa shape index (κ3) is 44.0. The number of sulfonamides is 1. The van der Waals surface area contributed by atoms with Crippen LogP contribution in [0.25, 0.3) is 11.3 Å². The van der Waals surface area contributed by atoms with Crippen LogP contribution in [0.15, 0.2) is 96.0 Å². The number of nitrogens with zero attached hydrogens (tertiary/aromatic N) is 11. The summed E-state index contributed by atoms with van der Waals surface area (Å²) in [6.45, 7) is 29.7. The van der Waals surface area contributed by atoms with Crippen molar-refractivity contribution in [3.8, 4) is 23.0 Å². The molecule has 5 amide bonds. The van der Waals surface area contributed by atoms with Gasteiger partial charge in [0.05, 0.1) is 130 Å². The summed E-state index contributed by atoms with van der Waals surface area (Å²) in [6.07, 6.45) is -1.43. The summed E-state index contributed by atoms with van der Waals surface area (Å²) in [5.74, 6) is -4.86. The number of hydrogen-bond acceptors (Lipinski definition) is 31. The molecule has 0 radical (unpaired) electrons. The Morgan fingerprint density at radius 2 is 1.08 bits per heavy atom. The number of piperazine rings is 1. The van der Waals surface area contributed by atoms with E-state index in [2.05, 4.69) is 53.8 Å². The van der Waals surface area contributed by atoms with Crippen LogP contribution in [0.3, 0.4) is 0 Å². The Hall–Kier alpha value is -9.97. The monoisotopic (exact) mass is 2120 g/mol. The molecule has 0 spiro atoms. The highest BCUT2D eigenvalue weighted by molar-refractivity contribution is 14.1. The lowest BCUT2D eigenvalue weighted by Gasteiger charge is -2.43. The molecule has 2 aliphatic heterocycles. The quantitative estimate of drug-likeness (QED) is 0.00702. The SMILES string of the molecule is CCOc1ccc(C(=O)N2CCN(c3ccc(-c4cccnc4OCC)nc3CN(CCCOCCOCCOCCOCCNC(=O)[C@@H](CCCCNC(=O)CN3CCN(CC(=O)OC(C)(C)C)CCN(CC(=O)OC(C)(C)C)CCN(CC(=O)OC(C)(C)C)CC3)NC(=O)[C@@H](CCC(=O)OC(C)(C)C)NC(=O)CCCc3ccc(I)cc3)S(=O)(=O)c3ccc([N+](=O)[O-])cc3)[C@H](CC)C2)c(C(F)(F)F)n1. The molecule has 5 aromatic rings. The number of nitro groups is 1. The van der Waals surface area contributed by atoms with Crippen molar-refractivity contribution in [2.75, 3.05) is 189 Å². The molecule has 2 aromatic carbocycles. The predicted molar refractivity (Wildman–Crippen MR) is 529 cm³/mol. The zero-order valence-electron chi connectivity index (χ0n) is 84.2. The molecule has 3 atom stereocenters. The lowest BCUT2D eigenvalue weighted by molar-refractivity contribution is -0.384. The van der Waals surface area contributed by atoms with Crippen LogP contribution in [0.2, 0.25) is 0 Å². The van der Waals surface area contributed by atoms with Gasteiger partial charge in [-0.15, -0.1) is 0 Å². The summed E-state index contributed by atoms with van der Waals surface area (Å²) in [6, 6.07) is 18.6. The van der Waals surface area contributed by atoms with Crippen LogP contribution in [0.4, 0.5) is 24.5 Å². The fraction of sp³-hybridized carbons (Fsp3) is 0.633. The zero-order valence-corrected chi connectivity index (χ0v) is 87.2. The number of carbonyl (C=O) groups excluding carboxylic acids is 9. The van der Waals surface area contributed by atoms with Gasteiger partial charge in [0.15, 0.2) is 5.69 Å². The van der Waals surface area contributed by atoms with Crippen molar-refractivity contribution in [3.05, 3.63) is 127 Å². The van der Waals surface area contributed by atoms with E-state index in [1.54, 1.807) is 127 Å². The molecule has 43 heteroatoms. The number of hydrogen-bond donors (Lipinski definition) is 4. The molecule has 0 bridgehead atoms. The molecular weight excluding hydrogens is 1970 g/mol. The molecule has 5 heterocycles. The average molecular weight is 2120 g/mol. The molecule has 2 saturated heterocycles. The number of anilines is 1. The zero-order chi connectivity index (χ0) is 104. The van der Waals surface area contributed by atoms with Crippen LogP contribution in [0.5, 0.6) is 11.8 Å². The van der Waals surface area contributed by atoms with Crippen molar-refractivity contribution in [3.63, 3.8) is 0 Å². The second-order valence-corrected chi connectivity index (χ2v) is 41.3. The molecule has 38 nitrogen and oxygen atoms in total. The van der Waals surface area contributed by atoms with Crippen LogP contribution in [0, 0.1) is 13.7 Å². The summed E-state index contributed by atoms with van der Waals surface area (Å²) >= 11 is 2.21. The van der Waals surface area contributed by atoms with E-state index in [0.29, 0.717) is 101 Å². The van der Waals surface area contributed by atoms with E-state index in [1.165, 1.54) is 15.3 Å². The van der Waals surface area contributed by atoms with Gasteiger partial charge in [-0.1, -0.05) is 19.1 Å². The number of alkyl halides is 3. The number of amides is 5. The number of unbranched alkanes of at least 4 members (excludes halogenated alkanes) is 1. The number of ether oxygens (including phenoxy) is 10. The Labute approximate surface area is 839 Å². The fourth-order valence-corrected chi connectivity index (χ4v) is 17.1. The predicted octanol–water partition coefficient (Wildman–Crippen LogP) is 10.0. The van der Waals surface area contributed by atoms with Gasteiger partial charge in [-0.25, -0.2) is 23.4 Å². The summed E-state index contributed by atoms with van der Waals surface area (Å²) < 4.78 is 133. The van der Waals surface area contributed by atoms with Crippen LogP contribution in [-0.4, -0.2) is 335 Å². The average Bonchev–Trinajstić information content (AvgIpc) is 0.773. The summed E-state index contributed by atoms with van der Waals surface area (Å²) in [5, 5.41) is 23.2. The van der Waals surface area contributed by atoms with E-state index in [1.807, 2.05) is 55.7 Å². The number of halogens is 4. The lowest BCUT2D eigenvalue weighted by Crippen LogP contribution is -2.55. The first-order chi connectivity index (χ1) is 66.6. The third-order valence-corrected chi connectivity index (χ3v) is 24.4. The molecular formula is C98H145F3IN15O23S. The van der Waals surface area contributed by atoms with Crippen molar-refractivity contribution in [1.82, 2.24) is 65.0 Å². The number of nitrogens with one attached hydrogen (secondary N) is 4. The standard InChI is InChI=1S/C98H145F3IN15O23S/c1-16-72-64-114(93(126)76-36-40-84(135-17-2)109-89(76)98(99,100)101)54-55-116(72)81-39-37-77(75-25-22-43-105-92(75)136-18-3)106-80(81)65-115(141(129,130)74-34-32-73(33-35-74)117(127)128)45-23-56-131-58-60-133-62-63-134-61-59-132-57-44-104-90(124)78(108-91(125)79(38-41-85(120)137-94(4,5)6)107-82(118)27-21-24-70-28-30-71(102)31-29-70)26-19-20-42-103-83(119)66-110-46-48-111(67-86(121)138-95(7,8)9)50-52-113(69-88(123)140-97(13,14)15)53-51-112(49-47-110)68-87(122)139-96(10,11)12/h22,25,28-37,39-40,43,72,78-79H,16-21,23-24,26-27,38,41-42,44-69H2,1-15H3,(H,103,119)(H,104,124)(H,107,118)(H,108,125)/t72-,78-,79-/m1/s1. The molecule has 3 aromatic heterocycles. The number of benzene rings is 2. The van der Waals surface area contributed by atoms with Crippen molar-refractivity contribution < 1.29 is 117 Å². The number of non-ortho nitro benzene ring substituents is 1. The Morgan fingerprint density at radius 1 is 0.546 bits per heavy atom. The van der Waals surface area contributed by atoms with Gasteiger partial charge >= 0.3 is 30.1 Å². The number of pyridine rings is 3. The minimum Gasteiger partial charge on any atom is -0.478 e. The first kappa shape index (κ1) is 118. The maximum atomic E-state index is 14.9. The Morgan fingerprint density at radius 3 is 1.61 bits per heavy atom. The smallest absolute Gasteiger partial charge is 0.434 e. The molecule has 2 aliphatic rings. The second kappa shape index (κ2) is 58.1. The topological polar surface area (TPSA) is 433 Å². The summed E-state index contributed by atoms with van der Waals surface area (Å²) in [5.41, 5.74) is -2.84. The number of nitro benzene ring substituents is 1. The normalized spacial score (nSPS) is 15.4. The maximum Gasteiger partial charge on any atom is 0.434 e. The second-order valence-electron chi connectivity index (χ2n) is 38.1. The van der Waals surface area contributed by atoms with Crippen molar-refractivity contribution >= 4 is 97.4 Å². The highest BCUT2D eigenvalue weighted by Gasteiger charge is 2.42. The molecule has 7 rings (SSSR count). The minimum atomic E-state index is -4.99. The highest BCUT2D eigenvalue weighted by Crippen LogP contribution is 2.37. The van der Waals surface area contributed by atoms with E-state index in [0.717, 1.165) is 39.5 Å². The first-order valence-corrected chi connectivity index (χ1v) is 50.7. The number of aromatic nitrogens is 3. The lowest BCUT2D eigenvalue weighted by atomic mass is 10.0. The molecule has 0 unspecified atom stereocenters. The fourth-order valence-electron chi connectivity index (χ4n) is 15.3. The summed E-state index contributed by atoms with van der Waals surface area (Å²) in [4.78, 5) is 159. The van der Waals surface area contributed by atoms with Crippen molar-refractivity contribution in [1.29, 1.82) is 0 Å². The van der Waals surface area contributed by atoms with E-state index >= 15 is 0 Å². The Kier molecular flexibility index (Phi) is 48.6. The Bertz CT molecular complexity index is 4900. The number of esters is 4. The molecule has 0 saturated carbocycles. The van der Waals surface area contributed by atoms with Gasteiger partial charge in [-0.3, -0.25) is 72.9 Å². The Balaban J connectivity index is 0.954. The molecule has 0 aliphatic carbocycles. The molecule has 2 fully saturated rings. The molecule has 784 valence electrons. The van der Waals surface area contributed by atoms with E-state index in [9.17, 15) is 74.9 Å². The third-order valence-electron chi connectivity index (χ3n) is 21.8. The van der Waals surface area contributed by atoms with Crippen LogP contribution >= 0.6 is 22.6 Å². The van der Waals surface area contributed by atoms with Gasteiger partial charge in [0.1, 0.15) is 34.5 Å². The highest BCUT2D eigenvalue weighted by atomic mass is 127. The van der Waals surface area contributed by atoms with Gasteiger partial charge in [-0.2, -0.15) is 17.5 Å². The van der Waals surface area contributed by atoms with E-state index in [4.69, 9.17) is 52.4 Å². The number of aryl methyl sites for hydroxylation is 1. The number of rotatable bonds is 53. The minimum absolute atomic E-state index is 0.00500. The molecule has 141 heavy (non-hydrogen) atoms. The van der Waals surface area contributed by atoms with Crippen molar-refractivity contribution in [2.24, 2.45) is 0 Å². The van der Waals surface area contributed by atoms with Crippen molar-refractivity contribution in [2.45, 2.75) is 226 Å². The van der Waals surface area contributed by atoms with E-state index < -0.39 is 120 Å². The van der Waals surface area contributed by atoms with Gasteiger partial charge in [0.25, 0.3) is 11.6 Å². The maximum absolute atomic E-state index is 14.9. The van der Waals surface area contributed by atoms with Crippen LogP contribution < -0.4 is 35.6 Å². The van der Waals surface area contributed by atoms with Crippen LogP contribution in [0.1, 0.15) is 189 Å². The summed E-state index contributed by atoms with van der Waals surface area (Å²) in [7, 11) is -4.48. The first-order valence-electron chi connectivity index (χ1n) is 48.2. The number of carbonyl (C=O) groups is 9. The van der Waals surface area contributed by atoms with Gasteiger partial charge in [0.2, 0.25) is 45.4 Å². The largest absolute Gasteiger partial charge is 0.478 e. The van der Waals surface area contributed by atoms with Gasteiger partial charge in [-0.05, 0) is 231 Å². The van der Waals surface area contributed by atoms with E-state index in [-0.39, 0.29) is 204 Å². The van der Waals surface area contributed by atoms with Gasteiger partial charge in [0, 0.05) is 145 Å². The van der Waals surface area contributed by atoms with Gasteiger partial charge < -0.3 is 78.4 Å². The molecule has 4 N–H and O–H groups in total. The van der Waals surface area contributed by atoms with Crippen LogP contribution in [-0.2, 0) is 105 Å².